The molecule has 0 atom stereocenters. The van der Waals surface area contributed by atoms with E-state index in [-0.39, 0.29) is 37.5 Å². The van der Waals surface area contributed by atoms with Crippen molar-refractivity contribution in [3.05, 3.63) is 47.1 Å². The number of benzene rings is 1. The smallest absolute Gasteiger partial charge is 0.356 e. The molecule has 1 aromatic carbocycles. The monoisotopic (exact) mass is 349 g/mol. The van der Waals surface area contributed by atoms with E-state index >= 15 is 0 Å². The fraction of sp³-hybridized carbons (Fsp3) is 0.357. The van der Waals surface area contributed by atoms with E-state index < -0.39 is 23.7 Å². The lowest BCUT2D eigenvalue weighted by Crippen LogP contribution is -2.26. The minimum Gasteiger partial charge on any atom is -0.356 e. The fourth-order valence-corrected chi connectivity index (χ4v) is 1.83. The van der Waals surface area contributed by atoms with E-state index in [2.05, 4.69) is 20.0 Å². The largest absolute Gasteiger partial charge is 0.471 e. The zero-order valence-corrected chi connectivity index (χ0v) is 12.2. The van der Waals surface area contributed by atoms with Gasteiger partial charge >= 0.3 is 12.1 Å². The number of hydrogen-bond acceptors (Lipinski definition) is 4. The molecule has 0 saturated carbocycles. The second kappa shape index (κ2) is 7.37. The zero-order chi connectivity index (χ0) is 17.7. The number of nitrogens with zero attached hydrogens (tertiary/aromatic N) is 2. The molecular formula is C14H12F5N3O2. The summed E-state index contributed by atoms with van der Waals surface area (Å²) >= 11 is 0. The molecule has 2 rings (SSSR count). The lowest BCUT2D eigenvalue weighted by molar-refractivity contribution is -0.159. The molecule has 130 valence electrons. The third kappa shape index (κ3) is 5.00. The van der Waals surface area contributed by atoms with Crippen LogP contribution in [-0.4, -0.2) is 22.6 Å². The van der Waals surface area contributed by atoms with Gasteiger partial charge < -0.3 is 9.84 Å². The summed E-state index contributed by atoms with van der Waals surface area (Å²) in [6.07, 6.45) is -4.52. The van der Waals surface area contributed by atoms with Crippen molar-refractivity contribution in [2.45, 2.75) is 25.4 Å². The molecule has 24 heavy (non-hydrogen) atoms. The van der Waals surface area contributed by atoms with Crippen molar-refractivity contribution < 1.29 is 31.3 Å². The Kier molecular flexibility index (Phi) is 5.47. The van der Waals surface area contributed by atoms with Gasteiger partial charge in [0.1, 0.15) is 0 Å². The van der Waals surface area contributed by atoms with Gasteiger partial charge in [-0.15, -0.1) is 0 Å². The van der Waals surface area contributed by atoms with E-state index in [0.29, 0.717) is 5.56 Å². The van der Waals surface area contributed by atoms with Crippen LogP contribution in [0.15, 0.2) is 22.7 Å². The summed E-state index contributed by atoms with van der Waals surface area (Å²) in [6, 6.07) is 3.33. The van der Waals surface area contributed by atoms with Gasteiger partial charge in [-0.1, -0.05) is 11.2 Å². The van der Waals surface area contributed by atoms with Crippen LogP contribution in [0.2, 0.25) is 0 Å². The Hall–Kier alpha value is -2.52. The Morgan fingerprint density at radius 2 is 1.92 bits per heavy atom. The molecule has 0 aliphatic carbocycles. The molecule has 0 bridgehead atoms. The zero-order valence-electron chi connectivity index (χ0n) is 12.2. The lowest BCUT2D eigenvalue weighted by atomic mass is 10.1. The maximum absolute atomic E-state index is 13.0. The molecule has 1 heterocycles. The van der Waals surface area contributed by atoms with Crippen LogP contribution in [0.25, 0.3) is 0 Å². The Labute approximate surface area is 132 Å². The van der Waals surface area contributed by atoms with Crippen molar-refractivity contribution in [3.63, 3.8) is 0 Å². The number of carbonyl (C=O) groups is 1. The molecule has 0 fully saturated rings. The fourth-order valence-electron chi connectivity index (χ4n) is 1.83. The Balaban J connectivity index is 1.73. The molecule has 0 aliphatic heterocycles. The van der Waals surface area contributed by atoms with E-state index in [1.54, 1.807) is 0 Å². The minimum atomic E-state index is -4.71. The molecule has 0 radical (unpaired) electrons. The maximum atomic E-state index is 13.0. The summed E-state index contributed by atoms with van der Waals surface area (Å²) in [5, 5.41) is 5.62. The first-order valence-electron chi connectivity index (χ1n) is 6.86. The van der Waals surface area contributed by atoms with Gasteiger partial charge in [-0.25, -0.2) is 8.78 Å². The van der Waals surface area contributed by atoms with Gasteiger partial charge in [-0.05, 0) is 24.1 Å². The summed E-state index contributed by atoms with van der Waals surface area (Å²) in [5.41, 5.74) is 0.456. The van der Waals surface area contributed by atoms with Crippen molar-refractivity contribution in [1.29, 1.82) is 0 Å². The Morgan fingerprint density at radius 3 is 2.54 bits per heavy atom. The summed E-state index contributed by atoms with van der Waals surface area (Å²) in [5.74, 6) is -3.98. The highest BCUT2D eigenvalue weighted by Crippen LogP contribution is 2.27. The number of hydrogen-bond donors (Lipinski definition) is 1. The Morgan fingerprint density at radius 1 is 1.17 bits per heavy atom. The first kappa shape index (κ1) is 17.8. The molecule has 0 unspecified atom stereocenters. The van der Waals surface area contributed by atoms with Crippen LogP contribution in [-0.2, 0) is 23.8 Å². The maximum Gasteiger partial charge on any atom is 0.471 e. The van der Waals surface area contributed by atoms with E-state index in [1.807, 2.05) is 0 Å². The second-order valence-corrected chi connectivity index (χ2v) is 4.86. The molecule has 1 aromatic heterocycles. The topological polar surface area (TPSA) is 68.0 Å². The van der Waals surface area contributed by atoms with Gasteiger partial charge in [0.05, 0.1) is 0 Å². The highest BCUT2D eigenvalue weighted by Gasteiger charge is 2.38. The number of alkyl halides is 3. The SMILES string of the molecule is O=C(CCc1ccc(F)c(F)c1)NCCc1noc(C(F)(F)F)n1. The van der Waals surface area contributed by atoms with E-state index in [4.69, 9.17) is 0 Å². The predicted octanol–water partition coefficient (Wildman–Crippen LogP) is 2.66. The van der Waals surface area contributed by atoms with Crippen LogP contribution >= 0.6 is 0 Å². The van der Waals surface area contributed by atoms with Gasteiger partial charge in [-0.3, -0.25) is 4.79 Å². The molecule has 2 aromatic rings. The highest BCUT2D eigenvalue weighted by atomic mass is 19.4. The molecule has 1 N–H and O–H groups in total. The van der Waals surface area contributed by atoms with Crippen LogP contribution in [0.5, 0.6) is 0 Å². The van der Waals surface area contributed by atoms with Gasteiger partial charge in [0.15, 0.2) is 17.5 Å². The van der Waals surface area contributed by atoms with Gasteiger partial charge in [-0.2, -0.15) is 18.2 Å². The Bertz CT molecular complexity index is 715. The number of amides is 1. The average molecular weight is 349 g/mol. The standard InChI is InChI=1S/C14H12F5N3O2/c15-9-3-1-8(7-10(9)16)2-4-12(23)20-6-5-11-21-13(24-22-11)14(17,18)19/h1,3,7H,2,4-6H2,(H,20,23). The van der Waals surface area contributed by atoms with E-state index in [9.17, 15) is 26.7 Å². The van der Waals surface area contributed by atoms with Crippen LogP contribution < -0.4 is 5.32 Å². The predicted molar refractivity (Wildman–Crippen MR) is 70.7 cm³/mol. The number of carbonyl (C=O) groups excluding carboxylic acids is 1. The quantitative estimate of drug-likeness (QED) is 0.814. The summed E-state index contributed by atoms with van der Waals surface area (Å²) in [6.45, 7) is 0.0213. The van der Waals surface area contributed by atoms with E-state index in [1.165, 1.54) is 6.07 Å². The van der Waals surface area contributed by atoms with Gasteiger partial charge in [0, 0.05) is 19.4 Å². The van der Waals surface area contributed by atoms with Gasteiger partial charge in [0.2, 0.25) is 5.91 Å². The van der Waals surface area contributed by atoms with Crippen LogP contribution in [0.1, 0.15) is 23.7 Å². The molecule has 0 aliphatic rings. The van der Waals surface area contributed by atoms with Crippen molar-refractivity contribution in [2.75, 3.05) is 6.54 Å². The first-order valence-corrected chi connectivity index (χ1v) is 6.86. The molecule has 5 nitrogen and oxygen atoms in total. The van der Waals surface area contributed by atoms with Crippen molar-refractivity contribution >= 4 is 5.91 Å². The summed E-state index contributed by atoms with van der Waals surface area (Å²) in [4.78, 5) is 14.8. The van der Waals surface area contributed by atoms with Gasteiger partial charge in [0.25, 0.3) is 0 Å². The third-order valence-corrected chi connectivity index (χ3v) is 3.01. The molecule has 1 amide bonds. The molecular weight excluding hydrogens is 337 g/mol. The first-order chi connectivity index (χ1) is 11.3. The van der Waals surface area contributed by atoms with Crippen LogP contribution in [0.4, 0.5) is 22.0 Å². The van der Waals surface area contributed by atoms with Crippen LogP contribution in [0, 0.1) is 11.6 Å². The second-order valence-electron chi connectivity index (χ2n) is 4.86. The number of rotatable bonds is 6. The molecule has 0 spiro atoms. The minimum absolute atomic E-state index is 0.0190. The molecule has 0 saturated heterocycles. The summed E-state index contributed by atoms with van der Waals surface area (Å²) in [7, 11) is 0. The number of halogens is 5. The normalized spacial score (nSPS) is 11.5. The van der Waals surface area contributed by atoms with Crippen molar-refractivity contribution in [2.24, 2.45) is 0 Å². The number of aryl methyl sites for hydroxylation is 1. The van der Waals surface area contributed by atoms with E-state index in [0.717, 1.165) is 12.1 Å². The van der Waals surface area contributed by atoms with Crippen molar-refractivity contribution in [1.82, 2.24) is 15.5 Å². The number of aromatic nitrogens is 2. The summed E-state index contributed by atoms with van der Waals surface area (Å²) < 4.78 is 66.6. The van der Waals surface area contributed by atoms with Crippen LogP contribution in [0.3, 0.4) is 0 Å². The lowest BCUT2D eigenvalue weighted by Gasteiger charge is -2.04. The third-order valence-electron chi connectivity index (χ3n) is 3.01. The highest BCUT2D eigenvalue weighted by molar-refractivity contribution is 5.76. The average Bonchev–Trinajstić information content (AvgIpc) is 2.97. The van der Waals surface area contributed by atoms with Crippen molar-refractivity contribution in [3.8, 4) is 0 Å². The molecule has 10 heteroatoms. The number of nitrogens with one attached hydrogen (secondary N) is 1.